The highest BCUT2D eigenvalue weighted by atomic mass is 16.2. The predicted molar refractivity (Wildman–Crippen MR) is 115 cm³/mol. The van der Waals surface area contributed by atoms with Gasteiger partial charge in [0, 0.05) is 25.2 Å². The first kappa shape index (κ1) is 19.3. The quantitative estimate of drug-likeness (QED) is 0.825. The molecule has 0 spiro atoms. The van der Waals surface area contributed by atoms with Gasteiger partial charge in [-0.15, -0.1) is 0 Å². The molecule has 1 saturated carbocycles. The molecule has 0 radical (unpaired) electrons. The lowest BCUT2D eigenvalue weighted by Crippen LogP contribution is -2.39. The fraction of sp³-hybridized carbons (Fsp3) is 0.542. The average Bonchev–Trinajstić information content (AvgIpc) is 3.53. The Kier molecular flexibility index (Phi) is 5.32. The van der Waals surface area contributed by atoms with E-state index in [1.54, 1.807) is 0 Å². The van der Waals surface area contributed by atoms with E-state index in [9.17, 15) is 9.59 Å². The second-order valence-corrected chi connectivity index (χ2v) is 9.00. The van der Waals surface area contributed by atoms with Crippen LogP contribution in [0.15, 0.2) is 30.3 Å². The first-order chi connectivity index (χ1) is 14.7. The molecular formula is C24H30N4O2. The van der Waals surface area contributed by atoms with Crippen molar-refractivity contribution in [3.05, 3.63) is 47.3 Å². The third kappa shape index (κ3) is 3.64. The molecule has 1 N–H and O–H groups in total. The van der Waals surface area contributed by atoms with Crippen LogP contribution in [0.4, 0.5) is 5.69 Å². The van der Waals surface area contributed by atoms with Crippen molar-refractivity contribution in [2.24, 2.45) is 5.92 Å². The number of carbonyl (C=O) groups is 2. The Hall–Kier alpha value is -2.63. The summed E-state index contributed by atoms with van der Waals surface area (Å²) in [6.07, 6.45) is 9.51. The molecule has 0 bridgehead atoms. The molecular weight excluding hydrogens is 376 g/mol. The lowest BCUT2D eigenvalue weighted by Gasteiger charge is -2.35. The fourth-order valence-corrected chi connectivity index (χ4v) is 5.44. The zero-order valence-electron chi connectivity index (χ0n) is 17.5. The topological polar surface area (TPSA) is 69.3 Å². The van der Waals surface area contributed by atoms with E-state index in [-0.39, 0.29) is 17.9 Å². The average molecular weight is 407 g/mol. The summed E-state index contributed by atoms with van der Waals surface area (Å²) >= 11 is 0. The van der Waals surface area contributed by atoms with Crippen molar-refractivity contribution in [3.63, 3.8) is 0 Å². The molecule has 6 heteroatoms. The number of benzene rings is 1. The predicted octanol–water partition coefficient (Wildman–Crippen LogP) is 4.25. The van der Waals surface area contributed by atoms with Gasteiger partial charge in [0.1, 0.15) is 0 Å². The van der Waals surface area contributed by atoms with E-state index >= 15 is 0 Å². The number of para-hydroxylation sites is 1. The molecule has 3 heterocycles. The standard InChI is InChI=1S/C24H30N4O2/c29-23(15-17-7-1-2-8-17)27-13-6-5-11-22(27)19-16-20(26-25-19)24(30)28-14-12-18-9-3-4-10-21(18)28/h3-4,9-10,16-17,22H,1-2,5-8,11-15H2,(H,25,26). The molecule has 30 heavy (non-hydrogen) atoms. The number of aromatic nitrogens is 2. The molecule has 1 saturated heterocycles. The van der Waals surface area contributed by atoms with E-state index in [2.05, 4.69) is 16.3 Å². The molecule has 6 nitrogen and oxygen atoms in total. The Balaban J connectivity index is 1.32. The van der Waals surface area contributed by atoms with Gasteiger partial charge in [0.15, 0.2) is 5.69 Å². The van der Waals surface area contributed by atoms with Crippen LogP contribution >= 0.6 is 0 Å². The van der Waals surface area contributed by atoms with Gasteiger partial charge < -0.3 is 9.80 Å². The van der Waals surface area contributed by atoms with E-state index < -0.39 is 0 Å². The van der Waals surface area contributed by atoms with E-state index in [0.29, 0.717) is 24.6 Å². The molecule has 1 aromatic carbocycles. The maximum absolute atomic E-state index is 13.1. The van der Waals surface area contributed by atoms with E-state index in [1.807, 2.05) is 34.1 Å². The van der Waals surface area contributed by atoms with Gasteiger partial charge in [0.25, 0.3) is 5.91 Å². The summed E-state index contributed by atoms with van der Waals surface area (Å²) in [5.74, 6) is 0.749. The molecule has 2 amide bonds. The number of anilines is 1. The third-order valence-corrected chi connectivity index (χ3v) is 7.07. The number of hydrogen-bond donors (Lipinski definition) is 1. The first-order valence-corrected chi connectivity index (χ1v) is 11.5. The fourth-order valence-electron chi connectivity index (χ4n) is 5.44. The number of nitrogens with zero attached hydrogens (tertiary/aromatic N) is 3. The highest BCUT2D eigenvalue weighted by Crippen LogP contribution is 2.34. The Labute approximate surface area is 177 Å². The molecule has 1 unspecified atom stereocenters. The molecule has 5 rings (SSSR count). The van der Waals surface area contributed by atoms with E-state index in [4.69, 9.17) is 0 Å². The third-order valence-electron chi connectivity index (χ3n) is 7.07. The number of piperidine rings is 1. The largest absolute Gasteiger partial charge is 0.334 e. The lowest BCUT2D eigenvalue weighted by atomic mass is 9.96. The van der Waals surface area contributed by atoms with Crippen molar-refractivity contribution in [2.45, 2.75) is 63.8 Å². The summed E-state index contributed by atoms with van der Waals surface area (Å²) in [5.41, 5.74) is 3.52. The Morgan fingerprint density at radius 2 is 1.83 bits per heavy atom. The van der Waals surface area contributed by atoms with Crippen molar-refractivity contribution in [1.82, 2.24) is 15.1 Å². The number of amides is 2. The molecule has 1 aromatic heterocycles. The SMILES string of the molecule is O=C(c1cc(C2CCCCN2C(=O)CC2CCCC2)[nH]n1)N1CCc2ccccc21. The monoisotopic (exact) mass is 406 g/mol. The molecule has 1 aliphatic carbocycles. The molecule has 2 aromatic rings. The molecule has 158 valence electrons. The Morgan fingerprint density at radius 1 is 1.03 bits per heavy atom. The van der Waals surface area contributed by atoms with Gasteiger partial charge >= 0.3 is 0 Å². The van der Waals surface area contributed by atoms with Gasteiger partial charge in [-0.25, -0.2) is 0 Å². The van der Waals surface area contributed by atoms with Gasteiger partial charge in [0.05, 0.1) is 11.7 Å². The van der Waals surface area contributed by atoms with Crippen LogP contribution < -0.4 is 4.90 Å². The van der Waals surface area contributed by atoms with Gasteiger partial charge in [0.2, 0.25) is 5.91 Å². The zero-order valence-corrected chi connectivity index (χ0v) is 17.5. The number of carbonyl (C=O) groups excluding carboxylic acids is 2. The van der Waals surface area contributed by atoms with Crippen LogP contribution in [0.2, 0.25) is 0 Å². The van der Waals surface area contributed by atoms with Gasteiger partial charge in [-0.05, 0) is 62.1 Å². The molecule has 2 aliphatic heterocycles. The summed E-state index contributed by atoms with van der Waals surface area (Å²) in [6, 6.07) is 9.94. The summed E-state index contributed by atoms with van der Waals surface area (Å²) in [7, 11) is 0. The number of fused-ring (bicyclic) bond motifs is 1. The van der Waals surface area contributed by atoms with Crippen LogP contribution in [-0.4, -0.2) is 40.0 Å². The first-order valence-electron chi connectivity index (χ1n) is 11.5. The Bertz CT molecular complexity index is 931. The van der Waals surface area contributed by atoms with Gasteiger partial charge in [-0.2, -0.15) is 5.10 Å². The van der Waals surface area contributed by atoms with Crippen molar-refractivity contribution in [1.29, 1.82) is 0 Å². The van der Waals surface area contributed by atoms with Crippen LogP contribution in [0.25, 0.3) is 0 Å². The minimum absolute atomic E-state index is 0.00701. The van der Waals surface area contributed by atoms with Crippen LogP contribution in [0.1, 0.15) is 79.2 Å². The Morgan fingerprint density at radius 3 is 2.70 bits per heavy atom. The summed E-state index contributed by atoms with van der Waals surface area (Å²) in [6.45, 7) is 1.49. The van der Waals surface area contributed by atoms with Crippen molar-refractivity contribution >= 4 is 17.5 Å². The summed E-state index contributed by atoms with van der Waals surface area (Å²) in [4.78, 5) is 30.0. The highest BCUT2D eigenvalue weighted by molar-refractivity contribution is 6.06. The normalized spacial score (nSPS) is 21.8. The van der Waals surface area contributed by atoms with Crippen LogP contribution in [0, 0.1) is 5.92 Å². The number of H-pyrrole nitrogens is 1. The molecule has 2 fully saturated rings. The van der Waals surface area contributed by atoms with Crippen LogP contribution in [0.3, 0.4) is 0 Å². The van der Waals surface area contributed by atoms with Crippen LogP contribution in [-0.2, 0) is 11.2 Å². The zero-order chi connectivity index (χ0) is 20.5. The van der Waals surface area contributed by atoms with Crippen molar-refractivity contribution in [2.75, 3.05) is 18.0 Å². The molecule has 3 aliphatic rings. The number of likely N-dealkylation sites (tertiary alicyclic amines) is 1. The summed E-state index contributed by atoms with van der Waals surface area (Å²) in [5, 5.41) is 7.44. The maximum atomic E-state index is 13.1. The van der Waals surface area contributed by atoms with Crippen molar-refractivity contribution < 1.29 is 9.59 Å². The van der Waals surface area contributed by atoms with Crippen LogP contribution in [0.5, 0.6) is 0 Å². The number of rotatable bonds is 4. The number of nitrogens with one attached hydrogen (secondary N) is 1. The number of aromatic amines is 1. The maximum Gasteiger partial charge on any atom is 0.278 e. The minimum Gasteiger partial charge on any atom is -0.334 e. The second-order valence-electron chi connectivity index (χ2n) is 9.00. The van der Waals surface area contributed by atoms with E-state index in [1.165, 1.54) is 31.2 Å². The number of hydrogen-bond acceptors (Lipinski definition) is 3. The van der Waals surface area contributed by atoms with Crippen molar-refractivity contribution in [3.8, 4) is 0 Å². The van der Waals surface area contributed by atoms with E-state index in [0.717, 1.165) is 43.6 Å². The molecule has 1 atom stereocenters. The minimum atomic E-state index is -0.0675. The van der Waals surface area contributed by atoms with Gasteiger partial charge in [-0.1, -0.05) is 31.0 Å². The second kappa shape index (κ2) is 8.25. The lowest BCUT2D eigenvalue weighted by molar-refractivity contribution is -0.136. The van der Waals surface area contributed by atoms with Gasteiger partial charge in [-0.3, -0.25) is 14.7 Å². The summed E-state index contributed by atoms with van der Waals surface area (Å²) < 4.78 is 0. The highest BCUT2D eigenvalue weighted by Gasteiger charge is 2.33. The smallest absolute Gasteiger partial charge is 0.278 e.